The van der Waals surface area contributed by atoms with E-state index in [1.807, 2.05) is 0 Å². The van der Waals surface area contributed by atoms with Crippen molar-refractivity contribution in [1.82, 2.24) is 5.32 Å². The number of anilines is 1. The van der Waals surface area contributed by atoms with Gasteiger partial charge in [-0.15, -0.1) is 0 Å². The van der Waals surface area contributed by atoms with Gasteiger partial charge in [-0.25, -0.2) is 8.42 Å². The number of benzene rings is 1. The van der Waals surface area contributed by atoms with E-state index in [2.05, 4.69) is 10.2 Å². The van der Waals surface area contributed by atoms with Gasteiger partial charge in [0.15, 0.2) is 9.84 Å². The fourth-order valence-electron chi connectivity index (χ4n) is 3.39. The van der Waals surface area contributed by atoms with Crippen molar-refractivity contribution in [2.75, 3.05) is 38.2 Å². The topological polar surface area (TPSA) is 58.6 Å². The molecule has 1 saturated heterocycles. The summed E-state index contributed by atoms with van der Waals surface area (Å²) in [7, 11) is -1.59. The minimum absolute atomic E-state index is 0.211. The van der Waals surface area contributed by atoms with E-state index in [9.17, 15) is 8.42 Å². The average Bonchev–Trinajstić information content (AvgIpc) is 3.10. The maximum absolute atomic E-state index is 12.8. The zero-order valence-corrected chi connectivity index (χ0v) is 13.9. The molecule has 2 aliphatic rings. The summed E-state index contributed by atoms with van der Waals surface area (Å²) in [6.45, 7) is 3.54. The summed E-state index contributed by atoms with van der Waals surface area (Å²) in [5, 5.41) is 3.10. The number of piperazine rings is 1. The van der Waals surface area contributed by atoms with Crippen molar-refractivity contribution < 1.29 is 13.2 Å². The Morgan fingerprint density at radius 1 is 1.18 bits per heavy atom. The van der Waals surface area contributed by atoms with Gasteiger partial charge in [0.25, 0.3) is 0 Å². The monoisotopic (exact) mass is 324 g/mol. The lowest BCUT2D eigenvalue weighted by Crippen LogP contribution is -2.43. The fraction of sp³-hybridized carbons (Fsp3) is 0.625. The van der Waals surface area contributed by atoms with Gasteiger partial charge in [-0.3, -0.25) is 0 Å². The molecule has 1 saturated carbocycles. The number of nitrogens with one attached hydrogen (secondary N) is 1. The van der Waals surface area contributed by atoms with Gasteiger partial charge in [0.1, 0.15) is 5.75 Å². The molecule has 0 radical (unpaired) electrons. The van der Waals surface area contributed by atoms with Crippen LogP contribution in [0.15, 0.2) is 23.1 Å². The molecule has 22 heavy (non-hydrogen) atoms. The van der Waals surface area contributed by atoms with Crippen molar-refractivity contribution in [3.63, 3.8) is 0 Å². The van der Waals surface area contributed by atoms with Crippen LogP contribution in [0.4, 0.5) is 5.69 Å². The van der Waals surface area contributed by atoms with E-state index in [4.69, 9.17) is 4.74 Å². The first-order valence-corrected chi connectivity index (χ1v) is 9.55. The van der Waals surface area contributed by atoms with Crippen LogP contribution in [0.2, 0.25) is 0 Å². The SMILES string of the molecule is COc1ccc(S(=O)(=O)C2CCCC2)cc1N1CCNCC1. The number of sulfone groups is 1. The molecule has 2 fully saturated rings. The molecule has 0 aromatic heterocycles. The van der Waals surface area contributed by atoms with Crippen molar-refractivity contribution in [1.29, 1.82) is 0 Å². The van der Waals surface area contributed by atoms with Gasteiger partial charge in [-0.05, 0) is 31.0 Å². The minimum atomic E-state index is -3.22. The predicted molar refractivity (Wildman–Crippen MR) is 87.5 cm³/mol. The highest BCUT2D eigenvalue weighted by Crippen LogP contribution is 2.35. The maximum atomic E-state index is 12.8. The first-order valence-electron chi connectivity index (χ1n) is 8.00. The first-order chi connectivity index (χ1) is 10.6. The minimum Gasteiger partial charge on any atom is -0.495 e. The molecule has 6 heteroatoms. The molecule has 0 amide bonds. The van der Waals surface area contributed by atoms with Gasteiger partial charge in [0.2, 0.25) is 0 Å². The molecule has 122 valence electrons. The third kappa shape index (κ3) is 2.94. The van der Waals surface area contributed by atoms with Gasteiger partial charge in [-0.2, -0.15) is 0 Å². The van der Waals surface area contributed by atoms with Gasteiger partial charge in [0, 0.05) is 26.2 Å². The van der Waals surface area contributed by atoms with E-state index in [1.54, 1.807) is 25.3 Å². The quantitative estimate of drug-likeness (QED) is 0.915. The Morgan fingerprint density at radius 2 is 1.86 bits per heavy atom. The average molecular weight is 324 g/mol. The van der Waals surface area contributed by atoms with Crippen LogP contribution in [0.5, 0.6) is 5.75 Å². The lowest BCUT2D eigenvalue weighted by Gasteiger charge is -2.31. The van der Waals surface area contributed by atoms with Crippen molar-refractivity contribution in [3.05, 3.63) is 18.2 Å². The van der Waals surface area contributed by atoms with Crippen LogP contribution in [0, 0.1) is 0 Å². The van der Waals surface area contributed by atoms with E-state index in [-0.39, 0.29) is 5.25 Å². The van der Waals surface area contributed by atoms with Crippen LogP contribution in [0.3, 0.4) is 0 Å². The second kappa shape index (κ2) is 6.46. The Kier molecular flexibility index (Phi) is 4.59. The fourth-order valence-corrected chi connectivity index (χ4v) is 5.26. The molecule has 3 rings (SSSR count). The van der Waals surface area contributed by atoms with Crippen LogP contribution >= 0.6 is 0 Å². The number of rotatable bonds is 4. The summed E-state index contributed by atoms with van der Waals surface area (Å²) in [4.78, 5) is 2.64. The molecule has 1 aromatic rings. The van der Waals surface area contributed by atoms with Crippen molar-refractivity contribution >= 4 is 15.5 Å². The second-order valence-electron chi connectivity index (χ2n) is 6.02. The van der Waals surface area contributed by atoms with Gasteiger partial charge < -0.3 is 15.0 Å². The first kappa shape index (κ1) is 15.6. The third-order valence-corrected chi connectivity index (χ3v) is 6.94. The van der Waals surface area contributed by atoms with E-state index >= 15 is 0 Å². The summed E-state index contributed by atoms with van der Waals surface area (Å²) in [6, 6.07) is 5.29. The molecular weight excluding hydrogens is 300 g/mol. The molecule has 0 bridgehead atoms. The van der Waals surface area contributed by atoms with Crippen LogP contribution in [-0.2, 0) is 9.84 Å². The Balaban J connectivity index is 1.95. The third-order valence-electron chi connectivity index (χ3n) is 4.68. The Bertz CT molecular complexity index is 618. The van der Waals surface area contributed by atoms with Crippen LogP contribution in [0.1, 0.15) is 25.7 Å². The Morgan fingerprint density at radius 3 is 2.50 bits per heavy atom. The maximum Gasteiger partial charge on any atom is 0.181 e. The highest BCUT2D eigenvalue weighted by atomic mass is 32.2. The van der Waals surface area contributed by atoms with Crippen molar-refractivity contribution in [3.8, 4) is 5.75 Å². The number of nitrogens with zero attached hydrogens (tertiary/aromatic N) is 1. The normalized spacial score (nSPS) is 20.3. The summed E-state index contributed by atoms with van der Waals surface area (Å²) in [5.41, 5.74) is 0.892. The molecule has 1 aromatic carbocycles. The summed E-state index contributed by atoms with van der Waals surface area (Å²) in [6.07, 6.45) is 3.62. The lowest BCUT2D eigenvalue weighted by atomic mass is 10.2. The molecular formula is C16H24N2O3S. The summed E-state index contributed by atoms with van der Waals surface area (Å²) < 4.78 is 31.0. The zero-order chi connectivity index (χ0) is 15.6. The molecule has 0 atom stereocenters. The van der Waals surface area contributed by atoms with Crippen LogP contribution in [0.25, 0.3) is 0 Å². The number of methoxy groups -OCH3 is 1. The highest BCUT2D eigenvalue weighted by Gasteiger charge is 2.31. The van der Waals surface area contributed by atoms with Crippen LogP contribution < -0.4 is 15.0 Å². The van der Waals surface area contributed by atoms with Crippen LogP contribution in [-0.4, -0.2) is 47.0 Å². The van der Waals surface area contributed by atoms with Gasteiger partial charge in [-0.1, -0.05) is 12.8 Å². The highest BCUT2D eigenvalue weighted by molar-refractivity contribution is 7.92. The second-order valence-corrected chi connectivity index (χ2v) is 8.25. The molecule has 1 N–H and O–H groups in total. The van der Waals surface area contributed by atoms with Gasteiger partial charge in [0.05, 0.1) is 22.9 Å². The number of hydrogen-bond donors (Lipinski definition) is 1. The number of hydrogen-bond acceptors (Lipinski definition) is 5. The molecule has 1 aliphatic heterocycles. The molecule has 1 aliphatic carbocycles. The molecule has 0 spiro atoms. The van der Waals surface area contributed by atoms with E-state index in [0.717, 1.165) is 63.3 Å². The number of ether oxygens (including phenoxy) is 1. The Hall–Kier alpha value is -1.27. The molecule has 5 nitrogen and oxygen atoms in total. The summed E-state index contributed by atoms with van der Waals surface area (Å²) >= 11 is 0. The zero-order valence-electron chi connectivity index (χ0n) is 13.0. The van der Waals surface area contributed by atoms with Crippen molar-refractivity contribution in [2.45, 2.75) is 35.8 Å². The Labute approximate surface area is 132 Å². The van der Waals surface area contributed by atoms with Gasteiger partial charge >= 0.3 is 0 Å². The lowest BCUT2D eigenvalue weighted by molar-refractivity contribution is 0.412. The summed E-state index contributed by atoms with van der Waals surface area (Å²) in [5.74, 6) is 0.743. The van der Waals surface area contributed by atoms with E-state index in [0.29, 0.717) is 4.90 Å². The standard InChI is InChI=1S/C16H24N2O3S/c1-21-16-7-6-14(22(19,20)13-4-2-3-5-13)12-15(16)18-10-8-17-9-11-18/h6-7,12-13,17H,2-5,8-11H2,1H3. The molecule has 0 unspecified atom stereocenters. The van der Waals surface area contributed by atoms with E-state index < -0.39 is 9.84 Å². The van der Waals surface area contributed by atoms with Crippen molar-refractivity contribution in [2.24, 2.45) is 0 Å². The smallest absolute Gasteiger partial charge is 0.181 e. The molecule has 1 heterocycles. The predicted octanol–water partition coefficient (Wildman–Crippen LogP) is 1.82. The van der Waals surface area contributed by atoms with E-state index in [1.165, 1.54) is 0 Å². The largest absolute Gasteiger partial charge is 0.495 e.